The molecule has 2 aromatic carbocycles. The summed E-state index contributed by atoms with van der Waals surface area (Å²) >= 11 is 6.28. The van der Waals surface area contributed by atoms with Crippen LogP contribution < -0.4 is 4.74 Å². The molecule has 0 aliphatic heterocycles. The van der Waals surface area contributed by atoms with Gasteiger partial charge in [-0.2, -0.15) is 0 Å². The van der Waals surface area contributed by atoms with Gasteiger partial charge >= 0.3 is 0 Å². The van der Waals surface area contributed by atoms with Crippen LogP contribution in [0.25, 0.3) is 0 Å². The van der Waals surface area contributed by atoms with Crippen molar-refractivity contribution in [2.24, 2.45) is 0 Å². The van der Waals surface area contributed by atoms with Crippen LogP contribution in [0.15, 0.2) is 42.5 Å². The molecule has 1 atom stereocenters. The molecule has 0 heterocycles. The average molecular weight is 291 g/mol. The zero-order chi connectivity index (χ0) is 14.5. The van der Waals surface area contributed by atoms with E-state index >= 15 is 0 Å². The number of aryl methyl sites for hydroxylation is 1. The van der Waals surface area contributed by atoms with E-state index in [0.717, 1.165) is 16.7 Å². The van der Waals surface area contributed by atoms with E-state index in [2.05, 4.69) is 0 Å². The highest BCUT2D eigenvalue weighted by atomic mass is 35.5. The van der Waals surface area contributed by atoms with Crippen LogP contribution in [0.4, 0.5) is 0 Å². The van der Waals surface area contributed by atoms with Gasteiger partial charge in [-0.3, -0.25) is 0 Å². The van der Waals surface area contributed by atoms with Crippen LogP contribution in [0.1, 0.15) is 23.6 Å². The number of hydrogen-bond acceptors (Lipinski definition) is 2. The summed E-state index contributed by atoms with van der Waals surface area (Å²) in [7, 11) is 0. The van der Waals surface area contributed by atoms with E-state index in [4.69, 9.17) is 16.3 Å². The maximum Gasteiger partial charge on any atom is 0.141 e. The average Bonchev–Trinajstić information content (AvgIpc) is 2.38. The van der Waals surface area contributed by atoms with Gasteiger partial charge in [-0.25, -0.2) is 0 Å². The molecule has 0 bridgehead atoms. The smallest absolute Gasteiger partial charge is 0.141 e. The second-order valence-electron chi connectivity index (χ2n) is 5.05. The maximum absolute atomic E-state index is 9.43. The fourth-order valence-electron chi connectivity index (χ4n) is 2.17. The van der Waals surface area contributed by atoms with Gasteiger partial charge in [0.1, 0.15) is 12.4 Å². The molecule has 0 amide bonds. The van der Waals surface area contributed by atoms with Crippen LogP contribution in [0, 0.1) is 6.92 Å². The van der Waals surface area contributed by atoms with Crippen LogP contribution in [0.2, 0.25) is 5.02 Å². The second kappa shape index (κ2) is 6.78. The fourth-order valence-corrected chi connectivity index (χ4v) is 2.52. The summed E-state index contributed by atoms with van der Waals surface area (Å²) < 4.78 is 5.82. The zero-order valence-corrected chi connectivity index (χ0v) is 12.5. The van der Waals surface area contributed by atoms with Gasteiger partial charge in [0.15, 0.2) is 0 Å². The Labute approximate surface area is 125 Å². The number of rotatable bonds is 5. The third-order valence-electron chi connectivity index (χ3n) is 3.05. The number of hydrogen-bond donors (Lipinski definition) is 1. The first kappa shape index (κ1) is 14.9. The summed E-state index contributed by atoms with van der Waals surface area (Å²) in [6.07, 6.45) is 0.223. The molecule has 0 aromatic heterocycles. The number of aliphatic hydroxyl groups excluding tert-OH is 1. The Morgan fingerprint density at radius 2 is 1.85 bits per heavy atom. The summed E-state index contributed by atoms with van der Waals surface area (Å²) in [6, 6.07) is 13.9. The monoisotopic (exact) mass is 290 g/mol. The number of halogens is 1. The summed E-state index contributed by atoms with van der Waals surface area (Å²) in [4.78, 5) is 0. The predicted octanol–water partition coefficient (Wildman–Crippen LogP) is 4.15. The van der Waals surface area contributed by atoms with Crippen LogP contribution in [0.3, 0.4) is 0 Å². The molecule has 0 spiro atoms. The van der Waals surface area contributed by atoms with Crippen molar-refractivity contribution in [3.05, 3.63) is 64.2 Å². The molecule has 1 N–H and O–H groups in total. The highest BCUT2D eigenvalue weighted by Gasteiger charge is 2.09. The lowest BCUT2D eigenvalue weighted by atomic mass is 10.1. The van der Waals surface area contributed by atoms with E-state index in [0.29, 0.717) is 23.8 Å². The van der Waals surface area contributed by atoms with Crippen LogP contribution >= 0.6 is 11.6 Å². The minimum atomic E-state index is -0.374. The first-order valence-electron chi connectivity index (χ1n) is 6.70. The van der Waals surface area contributed by atoms with Gasteiger partial charge in [0.05, 0.1) is 11.1 Å². The van der Waals surface area contributed by atoms with Crippen molar-refractivity contribution in [3.8, 4) is 5.75 Å². The van der Waals surface area contributed by atoms with Gasteiger partial charge in [-0.1, -0.05) is 48.0 Å². The standard InChI is InChI=1S/C17H19ClO2/c1-12-8-15(9-13(2)19)10-16(18)17(12)20-11-14-6-4-3-5-7-14/h3-8,10,13,19H,9,11H2,1-2H3. The molecule has 0 fully saturated rings. The summed E-state index contributed by atoms with van der Waals surface area (Å²) in [5.41, 5.74) is 3.12. The number of ether oxygens (including phenoxy) is 1. The Morgan fingerprint density at radius 1 is 1.15 bits per heavy atom. The highest BCUT2D eigenvalue weighted by Crippen LogP contribution is 2.31. The molecule has 20 heavy (non-hydrogen) atoms. The number of benzene rings is 2. The first-order valence-corrected chi connectivity index (χ1v) is 7.08. The lowest BCUT2D eigenvalue weighted by Crippen LogP contribution is -2.05. The molecule has 2 aromatic rings. The molecule has 0 radical (unpaired) electrons. The second-order valence-corrected chi connectivity index (χ2v) is 5.46. The Kier molecular flexibility index (Phi) is 5.05. The van der Waals surface area contributed by atoms with E-state index in [9.17, 15) is 5.11 Å². The molecule has 0 aliphatic rings. The third kappa shape index (κ3) is 3.99. The van der Waals surface area contributed by atoms with Crippen molar-refractivity contribution in [1.29, 1.82) is 0 Å². The van der Waals surface area contributed by atoms with Crippen molar-refractivity contribution in [3.63, 3.8) is 0 Å². The third-order valence-corrected chi connectivity index (χ3v) is 3.33. The zero-order valence-electron chi connectivity index (χ0n) is 11.8. The minimum Gasteiger partial charge on any atom is -0.487 e. The van der Waals surface area contributed by atoms with E-state index < -0.39 is 0 Å². The normalized spacial score (nSPS) is 12.2. The molecule has 2 nitrogen and oxygen atoms in total. The molecular formula is C17H19ClO2. The molecule has 2 rings (SSSR count). The SMILES string of the molecule is Cc1cc(CC(C)O)cc(Cl)c1OCc1ccccc1. The minimum absolute atomic E-state index is 0.374. The van der Waals surface area contributed by atoms with Crippen molar-refractivity contribution in [2.75, 3.05) is 0 Å². The van der Waals surface area contributed by atoms with Crippen molar-refractivity contribution in [2.45, 2.75) is 33.0 Å². The topological polar surface area (TPSA) is 29.5 Å². The highest BCUT2D eigenvalue weighted by molar-refractivity contribution is 6.32. The summed E-state index contributed by atoms with van der Waals surface area (Å²) in [5.74, 6) is 0.713. The van der Waals surface area contributed by atoms with Gasteiger partial charge < -0.3 is 9.84 Å². The van der Waals surface area contributed by atoms with Gasteiger partial charge in [-0.05, 0) is 43.0 Å². The first-order chi connectivity index (χ1) is 9.56. The molecule has 1 unspecified atom stereocenters. The Morgan fingerprint density at radius 3 is 2.45 bits per heavy atom. The van der Waals surface area contributed by atoms with Crippen LogP contribution in [0.5, 0.6) is 5.75 Å². The molecule has 3 heteroatoms. The van der Waals surface area contributed by atoms with Crippen LogP contribution in [-0.4, -0.2) is 11.2 Å². The Hall–Kier alpha value is -1.51. The largest absolute Gasteiger partial charge is 0.487 e. The quantitative estimate of drug-likeness (QED) is 0.896. The maximum atomic E-state index is 9.43. The van der Waals surface area contributed by atoms with E-state index in [1.165, 1.54) is 0 Å². The molecule has 0 saturated heterocycles. The molecule has 0 saturated carbocycles. The van der Waals surface area contributed by atoms with Gasteiger partial charge in [-0.15, -0.1) is 0 Å². The van der Waals surface area contributed by atoms with Crippen molar-refractivity contribution >= 4 is 11.6 Å². The van der Waals surface area contributed by atoms with Gasteiger partial charge in [0.25, 0.3) is 0 Å². The predicted molar refractivity (Wildman–Crippen MR) is 82.3 cm³/mol. The number of aliphatic hydroxyl groups is 1. The van der Waals surface area contributed by atoms with Crippen molar-refractivity contribution < 1.29 is 9.84 Å². The molecule has 0 aliphatic carbocycles. The van der Waals surface area contributed by atoms with Crippen molar-refractivity contribution in [1.82, 2.24) is 0 Å². The van der Waals surface area contributed by atoms with E-state index in [-0.39, 0.29) is 6.10 Å². The molecule has 106 valence electrons. The Bertz CT molecular complexity index is 541. The summed E-state index contributed by atoms with van der Waals surface area (Å²) in [6.45, 7) is 4.23. The van der Waals surface area contributed by atoms with Gasteiger partial charge in [0, 0.05) is 0 Å². The molecular weight excluding hydrogens is 272 g/mol. The lowest BCUT2D eigenvalue weighted by molar-refractivity contribution is 0.195. The fraction of sp³-hybridized carbons (Fsp3) is 0.294. The van der Waals surface area contributed by atoms with E-state index in [1.54, 1.807) is 6.92 Å². The van der Waals surface area contributed by atoms with E-state index in [1.807, 2.05) is 49.4 Å². The van der Waals surface area contributed by atoms with Gasteiger partial charge in [0.2, 0.25) is 0 Å². The Balaban J connectivity index is 2.12. The summed E-state index contributed by atoms with van der Waals surface area (Å²) in [5, 5.41) is 10.0. The lowest BCUT2D eigenvalue weighted by Gasteiger charge is -2.14. The van der Waals surface area contributed by atoms with Crippen LogP contribution in [-0.2, 0) is 13.0 Å².